The Morgan fingerprint density at radius 1 is 1.08 bits per heavy atom. The summed E-state index contributed by atoms with van der Waals surface area (Å²) < 4.78 is 0. The first-order chi connectivity index (χ1) is 12.0. The van der Waals surface area contributed by atoms with Gasteiger partial charge in [0.05, 0.1) is 0 Å². The number of hydrogen-bond acceptors (Lipinski definition) is 8. The number of nitrogens with one attached hydrogen (secondary N) is 1. The molecule has 2 aromatic heterocycles. The van der Waals surface area contributed by atoms with Gasteiger partial charge in [-0.25, -0.2) is 19.9 Å². The number of nitrogens with zero attached hydrogens (tertiary/aromatic N) is 7. The normalized spacial score (nSPS) is 17.5. The lowest BCUT2D eigenvalue weighted by molar-refractivity contribution is 0.328. The maximum atomic E-state index is 4.38. The SMILES string of the molecule is CN(C)c1cc(NC2CCN(Cc3cnc(N(C)C)nc3)C2)ncn1. The van der Waals surface area contributed by atoms with Crippen LogP contribution in [0, 0.1) is 0 Å². The monoisotopic (exact) mass is 342 g/mol. The molecule has 2 aromatic rings. The Morgan fingerprint density at radius 2 is 1.84 bits per heavy atom. The smallest absolute Gasteiger partial charge is 0.224 e. The molecule has 0 aromatic carbocycles. The Morgan fingerprint density at radius 3 is 2.52 bits per heavy atom. The fraction of sp³-hybridized carbons (Fsp3) is 0.529. The van der Waals surface area contributed by atoms with Gasteiger partial charge in [-0.15, -0.1) is 0 Å². The van der Waals surface area contributed by atoms with Gasteiger partial charge in [-0.2, -0.15) is 0 Å². The highest BCUT2D eigenvalue weighted by Crippen LogP contribution is 2.18. The maximum absolute atomic E-state index is 4.38. The van der Waals surface area contributed by atoms with E-state index in [4.69, 9.17) is 0 Å². The van der Waals surface area contributed by atoms with Crippen LogP contribution in [0.1, 0.15) is 12.0 Å². The molecule has 3 heterocycles. The average Bonchev–Trinajstić information content (AvgIpc) is 3.02. The summed E-state index contributed by atoms with van der Waals surface area (Å²) in [6.07, 6.45) is 6.53. The van der Waals surface area contributed by atoms with Gasteiger partial charge in [0.2, 0.25) is 5.95 Å². The molecule has 0 saturated carbocycles. The van der Waals surface area contributed by atoms with E-state index >= 15 is 0 Å². The Labute approximate surface area is 148 Å². The second-order valence-electron chi connectivity index (χ2n) is 6.81. The fourth-order valence-corrected chi connectivity index (χ4v) is 2.89. The van der Waals surface area contributed by atoms with E-state index in [0.717, 1.165) is 49.2 Å². The van der Waals surface area contributed by atoms with Crippen LogP contribution in [0.4, 0.5) is 17.6 Å². The molecule has 0 aliphatic carbocycles. The zero-order valence-electron chi connectivity index (χ0n) is 15.3. The van der Waals surface area contributed by atoms with Gasteiger partial charge in [-0.05, 0) is 6.42 Å². The highest BCUT2D eigenvalue weighted by atomic mass is 15.2. The minimum absolute atomic E-state index is 0.395. The summed E-state index contributed by atoms with van der Waals surface area (Å²) in [6.45, 7) is 2.91. The van der Waals surface area contributed by atoms with Crippen molar-refractivity contribution in [2.75, 3.05) is 56.4 Å². The number of rotatable bonds is 6. The van der Waals surface area contributed by atoms with Gasteiger partial charge in [0.1, 0.15) is 18.0 Å². The molecule has 3 rings (SSSR count). The second kappa shape index (κ2) is 7.60. The summed E-state index contributed by atoms with van der Waals surface area (Å²) in [5, 5.41) is 3.52. The highest BCUT2D eigenvalue weighted by Gasteiger charge is 2.23. The molecule has 134 valence electrons. The second-order valence-corrected chi connectivity index (χ2v) is 6.81. The molecule has 8 nitrogen and oxygen atoms in total. The van der Waals surface area contributed by atoms with Gasteiger partial charge in [0.15, 0.2) is 0 Å². The van der Waals surface area contributed by atoms with E-state index in [-0.39, 0.29) is 0 Å². The Balaban J connectivity index is 1.54. The van der Waals surface area contributed by atoms with Crippen LogP contribution in [0.25, 0.3) is 0 Å². The van der Waals surface area contributed by atoms with Crippen molar-refractivity contribution in [2.24, 2.45) is 0 Å². The minimum Gasteiger partial charge on any atom is -0.366 e. The van der Waals surface area contributed by atoms with Gasteiger partial charge >= 0.3 is 0 Å². The molecular weight excluding hydrogens is 316 g/mol. The molecule has 1 saturated heterocycles. The fourth-order valence-electron chi connectivity index (χ4n) is 2.89. The van der Waals surface area contributed by atoms with Gasteiger partial charge in [0, 0.05) is 77.9 Å². The lowest BCUT2D eigenvalue weighted by atomic mass is 10.2. The Hall–Kier alpha value is -2.48. The zero-order valence-corrected chi connectivity index (χ0v) is 15.3. The van der Waals surface area contributed by atoms with Gasteiger partial charge < -0.3 is 15.1 Å². The largest absolute Gasteiger partial charge is 0.366 e. The first-order valence-electron chi connectivity index (χ1n) is 8.48. The van der Waals surface area contributed by atoms with E-state index in [1.54, 1.807) is 6.33 Å². The standard InChI is InChI=1S/C17H26N8/c1-23(2)16-7-15(20-12-21-16)22-14-5-6-25(11-14)10-13-8-18-17(19-9-13)24(3)4/h7-9,12,14H,5-6,10-11H2,1-4H3,(H,20,21,22). The summed E-state index contributed by atoms with van der Waals surface area (Å²) in [5.41, 5.74) is 1.14. The van der Waals surface area contributed by atoms with E-state index in [2.05, 4.69) is 30.2 Å². The van der Waals surface area contributed by atoms with E-state index in [1.165, 1.54) is 0 Å². The van der Waals surface area contributed by atoms with Gasteiger partial charge in [0.25, 0.3) is 0 Å². The number of likely N-dealkylation sites (tertiary alicyclic amines) is 1. The van der Waals surface area contributed by atoms with Crippen LogP contribution in [0.15, 0.2) is 24.8 Å². The third kappa shape index (κ3) is 4.54. The minimum atomic E-state index is 0.395. The third-order valence-corrected chi connectivity index (χ3v) is 4.23. The summed E-state index contributed by atoms with van der Waals surface area (Å²) in [7, 11) is 7.85. The molecule has 1 aliphatic heterocycles. The molecule has 1 unspecified atom stereocenters. The predicted octanol–water partition coefficient (Wildman–Crippen LogP) is 1.08. The van der Waals surface area contributed by atoms with E-state index in [9.17, 15) is 0 Å². The lowest BCUT2D eigenvalue weighted by Crippen LogP contribution is -2.26. The molecule has 1 atom stereocenters. The van der Waals surface area contributed by atoms with Crippen molar-refractivity contribution in [3.63, 3.8) is 0 Å². The Kier molecular flexibility index (Phi) is 5.28. The summed E-state index contributed by atoms with van der Waals surface area (Å²) in [4.78, 5) is 23.6. The molecule has 1 aliphatic rings. The lowest BCUT2D eigenvalue weighted by Gasteiger charge is -2.18. The third-order valence-electron chi connectivity index (χ3n) is 4.23. The molecule has 8 heteroatoms. The van der Waals surface area contributed by atoms with Crippen LogP contribution in [0.2, 0.25) is 0 Å². The number of anilines is 3. The van der Waals surface area contributed by atoms with Gasteiger partial charge in [-0.1, -0.05) is 0 Å². The first kappa shape index (κ1) is 17.3. The van der Waals surface area contributed by atoms with E-state index < -0.39 is 0 Å². The van der Waals surface area contributed by atoms with Crippen molar-refractivity contribution in [3.8, 4) is 0 Å². The summed E-state index contributed by atoms with van der Waals surface area (Å²) in [6, 6.07) is 2.38. The van der Waals surface area contributed by atoms with Crippen molar-refractivity contribution in [1.82, 2.24) is 24.8 Å². The van der Waals surface area contributed by atoms with Crippen LogP contribution in [0.5, 0.6) is 0 Å². The van der Waals surface area contributed by atoms with E-state index in [1.807, 2.05) is 56.5 Å². The van der Waals surface area contributed by atoms with Crippen molar-refractivity contribution < 1.29 is 0 Å². The van der Waals surface area contributed by atoms with Crippen LogP contribution in [-0.4, -0.2) is 72.2 Å². The van der Waals surface area contributed by atoms with Crippen LogP contribution in [-0.2, 0) is 6.54 Å². The molecule has 0 bridgehead atoms. The molecule has 0 radical (unpaired) electrons. The van der Waals surface area contributed by atoms with E-state index in [0.29, 0.717) is 6.04 Å². The van der Waals surface area contributed by atoms with Crippen LogP contribution < -0.4 is 15.1 Å². The molecule has 0 amide bonds. The molecule has 1 N–H and O–H groups in total. The van der Waals surface area contributed by atoms with Crippen LogP contribution >= 0.6 is 0 Å². The zero-order chi connectivity index (χ0) is 17.8. The number of aromatic nitrogens is 4. The molecule has 25 heavy (non-hydrogen) atoms. The average molecular weight is 342 g/mol. The summed E-state index contributed by atoms with van der Waals surface area (Å²) in [5.74, 6) is 2.53. The molecule has 1 fully saturated rings. The topological polar surface area (TPSA) is 73.3 Å². The predicted molar refractivity (Wildman–Crippen MR) is 100 cm³/mol. The van der Waals surface area contributed by atoms with Crippen molar-refractivity contribution in [1.29, 1.82) is 0 Å². The quantitative estimate of drug-likeness (QED) is 0.836. The first-order valence-corrected chi connectivity index (χ1v) is 8.48. The van der Waals surface area contributed by atoms with Crippen LogP contribution in [0.3, 0.4) is 0 Å². The van der Waals surface area contributed by atoms with Gasteiger partial charge in [-0.3, -0.25) is 4.90 Å². The molecule has 0 spiro atoms. The maximum Gasteiger partial charge on any atom is 0.224 e. The number of hydrogen-bond donors (Lipinski definition) is 1. The highest BCUT2D eigenvalue weighted by molar-refractivity contribution is 5.48. The van der Waals surface area contributed by atoms with Crippen molar-refractivity contribution in [2.45, 2.75) is 19.0 Å². The Bertz CT molecular complexity index is 685. The summed E-state index contributed by atoms with van der Waals surface area (Å²) >= 11 is 0. The molecular formula is C17H26N8. The van der Waals surface area contributed by atoms with Crippen molar-refractivity contribution in [3.05, 3.63) is 30.4 Å². The van der Waals surface area contributed by atoms with Crippen molar-refractivity contribution >= 4 is 17.6 Å².